The van der Waals surface area contributed by atoms with Crippen molar-refractivity contribution in [3.05, 3.63) is 59.7 Å². The monoisotopic (exact) mass is 332 g/mol. The number of aliphatic hydroxyl groups is 1. The van der Waals surface area contributed by atoms with E-state index in [2.05, 4.69) is 13.2 Å². The molecule has 0 unspecified atom stereocenters. The van der Waals surface area contributed by atoms with Gasteiger partial charge in [-0.25, -0.2) is 4.57 Å². The summed E-state index contributed by atoms with van der Waals surface area (Å²) in [6.45, 7) is 6.67. The third kappa shape index (κ3) is 5.75. The van der Waals surface area contributed by atoms with E-state index in [1.54, 1.807) is 18.2 Å². The van der Waals surface area contributed by atoms with Crippen molar-refractivity contribution < 1.29 is 23.2 Å². The van der Waals surface area contributed by atoms with E-state index >= 15 is 0 Å². The van der Waals surface area contributed by atoms with Gasteiger partial charge in [0.1, 0.15) is 0 Å². The van der Waals surface area contributed by atoms with Crippen molar-refractivity contribution in [1.29, 1.82) is 0 Å². The van der Waals surface area contributed by atoms with E-state index in [1.807, 2.05) is 0 Å². The fraction of sp³-hybridized carbons (Fsp3) is 0.286. The van der Waals surface area contributed by atoms with Gasteiger partial charge in [0.05, 0.1) is 26.4 Å². The molecule has 1 aromatic carbocycles. The lowest BCUT2D eigenvalue weighted by atomic mass is 10.1. The molecule has 0 amide bonds. The highest BCUT2D eigenvalue weighted by Crippen LogP contribution is 2.50. The van der Waals surface area contributed by atoms with Crippen LogP contribution in [0.1, 0.15) is 11.1 Å². The van der Waals surface area contributed by atoms with Crippen LogP contribution >= 0.6 is 19.4 Å². The molecule has 1 N–H and O–H groups in total. The van der Waals surface area contributed by atoms with Gasteiger partial charge in [-0.3, -0.25) is 13.6 Å². The minimum Gasteiger partial charge on any atom is -0.392 e. The molecule has 0 aliphatic rings. The van der Waals surface area contributed by atoms with E-state index < -0.39 is 7.82 Å². The van der Waals surface area contributed by atoms with Crippen molar-refractivity contribution in [1.82, 2.24) is 0 Å². The fourth-order valence-corrected chi connectivity index (χ4v) is 2.79. The number of benzene rings is 1. The summed E-state index contributed by atoms with van der Waals surface area (Å²) in [5, 5.41) is 9.69. The molecule has 0 aliphatic carbocycles. The SMILES string of the molecule is C=CCOP(=O)(OCC=C)OCc1c(Cl)cccc1CO. The average molecular weight is 333 g/mol. The van der Waals surface area contributed by atoms with Crippen molar-refractivity contribution in [3.8, 4) is 0 Å². The second-order valence-electron chi connectivity index (χ2n) is 3.93. The molecule has 116 valence electrons. The molecule has 0 fully saturated rings. The highest BCUT2D eigenvalue weighted by molar-refractivity contribution is 7.48. The third-order valence-electron chi connectivity index (χ3n) is 2.45. The molecule has 1 rings (SSSR count). The van der Waals surface area contributed by atoms with Gasteiger partial charge < -0.3 is 5.11 Å². The Morgan fingerprint density at radius 2 is 1.81 bits per heavy atom. The van der Waals surface area contributed by atoms with E-state index in [-0.39, 0.29) is 26.4 Å². The number of aliphatic hydroxyl groups excluding tert-OH is 1. The summed E-state index contributed by atoms with van der Waals surface area (Å²) in [4.78, 5) is 0. The molecule has 0 radical (unpaired) electrons. The van der Waals surface area contributed by atoms with Gasteiger partial charge in [0.2, 0.25) is 0 Å². The van der Waals surface area contributed by atoms with Crippen LogP contribution < -0.4 is 0 Å². The van der Waals surface area contributed by atoms with Crippen molar-refractivity contribution in [2.45, 2.75) is 13.2 Å². The summed E-state index contributed by atoms with van der Waals surface area (Å²) in [5.74, 6) is 0. The van der Waals surface area contributed by atoms with Gasteiger partial charge in [-0.1, -0.05) is 35.9 Å². The lowest BCUT2D eigenvalue weighted by Crippen LogP contribution is -2.03. The summed E-state index contributed by atoms with van der Waals surface area (Å²) in [6.07, 6.45) is 2.86. The van der Waals surface area contributed by atoms with Gasteiger partial charge in [-0.05, 0) is 11.6 Å². The first-order chi connectivity index (χ1) is 10.1. The minimum absolute atomic E-state index is 0.0177. The molecular weight excluding hydrogens is 315 g/mol. The number of halogens is 1. The van der Waals surface area contributed by atoms with Crippen LogP contribution in [0.3, 0.4) is 0 Å². The summed E-state index contributed by atoms with van der Waals surface area (Å²) in [6, 6.07) is 5.06. The maximum Gasteiger partial charge on any atom is 0.475 e. The zero-order valence-corrected chi connectivity index (χ0v) is 13.2. The molecular formula is C14H18ClO5P. The number of phosphoric ester groups is 1. The van der Waals surface area contributed by atoms with Crippen molar-refractivity contribution >= 4 is 19.4 Å². The van der Waals surface area contributed by atoms with Gasteiger partial charge in [0.25, 0.3) is 0 Å². The Hall–Kier alpha value is -0.940. The maximum atomic E-state index is 12.3. The molecule has 0 heterocycles. The summed E-state index contributed by atoms with van der Waals surface area (Å²) in [5.41, 5.74) is 1.12. The molecule has 0 aliphatic heterocycles. The van der Waals surface area contributed by atoms with E-state index in [0.717, 1.165) is 0 Å². The lowest BCUT2D eigenvalue weighted by molar-refractivity contribution is 0.124. The average Bonchev–Trinajstić information content (AvgIpc) is 2.49. The largest absolute Gasteiger partial charge is 0.475 e. The quantitative estimate of drug-likeness (QED) is 0.520. The van der Waals surface area contributed by atoms with Crippen LogP contribution in [0, 0.1) is 0 Å². The Morgan fingerprint density at radius 1 is 1.19 bits per heavy atom. The van der Waals surface area contributed by atoms with Crippen molar-refractivity contribution in [3.63, 3.8) is 0 Å². The van der Waals surface area contributed by atoms with Crippen LogP contribution in [0.2, 0.25) is 5.02 Å². The Bertz CT molecular complexity index is 516. The zero-order chi connectivity index (χ0) is 15.7. The van der Waals surface area contributed by atoms with E-state index in [4.69, 9.17) is 25.2 Å². The predicted molar refractivity (Wildman–Crippen MR) is 82.1 cm³/mol. The molecule has 7 heteroatoms. The van der Waals surface area contributed by atoms with E-state index in [0.29, 0.717) is 16.1 Å². The van der Waals surface area contributed by atoms with Crippen LogP contribution in [0.25, 0.3) is 0 Å². The molecule has 0 bridgehead atoms. The molecule has 0 atom stereocenters. The standard InChI is InChI=1S/C14H18ClO5P/c1-3-8-18-21(17,19-9-4-2)20-11-13-12(10-16)6-5-7-14(13)15/h3-7,16H,1-2,8-11H2. The second kappa shape index (κ2) is 9.15. The van der Waals surface area contributed by atoms with Gasteiger partial charge in [-0.15, -0.1) is 13.2 Å². The number of phosphoric acid groups is 1. The number of hydrogen-bond donors (Lipinski definition) is 1. The normalized spacial score (nSPS) is 11.3. The van der Waals surface area contributed by atoms with Gasteiger partial charge in [0, 0.05) is 10.6 Å². The Kier molecular flexibility index (Phi) is 7.89. The predicted octanol–water partition coefficient (Wildman–Crippen LogP) is 3.86. The van der Waals surface area contributed by atoms with Crippen LogP contribution in [-0.2, 0) is 31.4 Å². The van der Waals surface area contributed by atoms with E-state index in [1.165, 1.54) is 12.2 Å². The Balaban J connectivity index is 2.83. The summed E-state index contributed by atoms with van der Waals surface area (Å²) < 4.78 is 27.7. The lowest BCUT2D eigenvalue weighted by Gasteiger charge is -2.18. The third-order valence-corrected chi connectivity index (χ3v) is 4.18. The Morgan fingerprint density at radius 3 is 2.33 bits per heavy atom. The molecule has 21 heavy (non-hydrogen) atoms. The molecule has 5 nitrogen and oxygen atoms in total. The van der Waals surface area contributed by atoms with Crippen molar-refractivity contribution in [2.75, 3.05) is 13.2 Å². The van der Waals surface area contributed by atoms with Gasteiger partial charge in [0.15, 0.2) is 0 Å². The van der Waals surface area contributed by atoms with Crippen LogP contribution in [0.4, 0.5) is 0 Å². The maximum absolute atomic E-state index is 12.3. The van der Waals surface area contributed by atoms with E-state index in [9.17, 15) is 9.67 Å². The second-order valence-corrected chi connectivity index (χ2v) is 6.00. The summed E-state index contributed by atoms with van der Waals surface area (Å²) in [7, 11) is -3.75. The minimum atomic E-state index is -3.75. The van der Waals surface area contributed by atoms with Crippen molar-refractivity contribution in [2.24, 2.45) is 0 Å². The van der Waals surface area contributed by atoms with Crippen LogP contribution in [0.15, 0.2) is 43.5 Å². The topological polar surface area (TPSA) is 65.0 Å². The van der Waals surface area contributed by atoms with Gasteiger partial charge in [-0.2, -0.15) is 0 Å². The summed E-state index contributed by atoms with van der Waals surface area (Å²) >= 11 is 6.05. The smallest absolute Gasteiger partial charge is 0.392 e. The molecule has 1 aromatic rings. The van der Waals surface area contributed by atoms with Crippen LogP contribution in [-0.4, -0.2) is 18.3 Å². The molecule has 0 aromatic heterocycles. The first-order valence-electron chi connectivity index (χ1n) is 6.19. The number of hydrogen-bond acceptors (Lipinski definition) is 5. The molecule has 0 spiro atoms. The first kappa shape index (κ1) is 18.1. The highest BCUT2D eigenvalue weighted by Gasteiger charge is 2.26. The number of rotatable bonds is 10. The molecule has 0 saturated heterocycles. The zero-order valence-electron chi connectivity index (χ0n) is 11.5. The van der Waals surface area contributed by atoms with Crippen LogP contribution in [0.5, 0.6) is 0 Å². The highest BCUT2D eigenvalue weighted by atomic mass is 35.5. The molecule has 0 saturated carbocycles. The Labute approximate surface area is 129 Å². The first-order valence-corrected chi connectivity index (χ1v) is 8.02. The fourth-order valence-electron chi connectivity index (χ4n) is 1.46. The van der Waals surface area contributed by atoms with Gasteiger partial charge >= 0.3 is 7.82 Å².